The number of rotatable bonds is 6. The molecule has 1 fully saturated rings. The zero-order valence-corrected chi connectivity index (χ0v) is 12.8. The first-order valence-corrected chi connectivity index (χ1v) is 8.30. The summed E-state index contributed by atoms with van der Waals surface area (Å²) in [4.78, 5) is 14.5. The Morgan fingerprint density at radius 3 is 2.70 bits per heavy atom. The SMILES string of the molecule is CC(NCCN1CCSCC1)C(=O)Nc1ccccc1. The van der Waals surface area contributed by atoms with Crippen LogP contribution in [0.15, 0.2) is 30.3 Å². The molecular formula is C15H23N3OS. The van der Waals surface area contributed by atoms with Crippen molar-refractivity contribution < 1.29 is 4.79 Å². The average molecular weight is 293 g/mol. The number of nitrogens with zero attached hydrogens (tertiary/aromatic N) is 1. The third-order valence-corrected chi connectivity index (χ3v) is 4.36. The van der Waals surface area contributed by atoms with Crippen LogP contribution in [0.4, 0.5) is 5.69 Å². The Bertz CT molecular complexity index is 407. The fraction of sp³-hybridized carbons (Fsp3) is 0.533. The van der Waals surface area contributed by atoms with Crippen LogP contribution in [-0.2, 0) is 4.79 Å². The van der Waals surface area contributed by atoms with Crippen molar-refractivity contribution in [3.05, 3.63) is 30.3 Å². The van der Waals surface area contributed by atoms with E-state index in [1.165, 1.54) is 11.5 Å². The van der Waals surface area contributed by atoms with E-state index in [2.05, 4.69) is 15.5 Å². The van der Waals surface area contributed by atoms with Crippen LogP contribution in [0.2, 0.25) is 0 Å². The number of anilines is 1. The van der Waals surface area contributed by atoms with Gasteiger partial charge in [-0.3, -0.25) is 4.79 Å². The first-order valence-electron chi connectivity index (χ1n) is 7.15. The molecular weight excluding hydrogens is 270 g/mol. The standard InChI is InChI=1S/C15H23N3OS/c1-13(15(19)17-14-5-3-2-4-6-14)16-7-8-18-9-11-20-12-10-18/h2-6,13,16H,7-12H2,1H3,(H,17,19). The molecule has 2 N–H and O–H groups in total. The van der Waals surface area contributed by atoms with E-state index in [-0.39, 0.29) is 11.9 Å². The van der Waals surface area contributed by atoms with Gasteiger partial charge in [-0.15, -0.1) is 0 Å². The number of para-hydroxylation sites is 1. The molecule has 1 heterocycles. The van der Waals surface area contributed by atoms with Gasteiger partial charge in [0, 0.05) is 43.4 Å². The van der Waals surface area contributed by atoms with Gasteiger partial charge in [0.15, 0.2) is 0 Å². The zero-order valence-electron chi connectivity index (χ0n) is 12.0. The van der Waals surface area contributed by atoms with E-state index in [4.69, 9.17) is 0 Å². The van der Waals surface area contributed by atoms with Gasteiger partial charge < -0.3 is 15.5 Å². The van der Waals surface area contributed by atoms with Crippen molar-refractivity contribution in [2.75, 3.05) is 43.0 Å². The summed E-state index contributed by atoms with van der Waals surface area (Å²) in [6.45, 7) is 6.11. The summed E-state index contributed by atoms with van der Waals surface area (Å²) < 4.78 is 0. The summed E-state index contributed by atoms with van der Waals surface area (Å²) in [5.41, 5.74) is 0.846. The fourth-order valence-electron chi connectivity index (χ4n) is 2.13. The number of thioether (sulfide) groups is 1. The van der Waals surface area contributed by atoms with E-state index in [0.29, 0.717) is 0 Å². The van der Waals surface area contributed by atoms with Crippen LogP contribution >= 0.6 is 11.8 Å². The molecule has 1 unspecified atom stereocenters. The third kappa shape index (κ3) is 5.15. The molecule has 1 amide bonds. The second-order valence-corrected chi connectivity index (χ2v) is 6.21. The quantitative estimate of drug-likeness (QED) is 0.837. The van der Waals surface area contributed by atoms with Gasteiger partial charge in [-0.2, -0.15) is 11.8 Å². The van der Waals surface area contributed by atoms with Gasteiger partial charge >= 0.3 is 0 Å². The summed E-state index contributed by atoms with van der Waals surface area (Å²) in [5, 5.41) is 6.20. The van der Waals surface area contributed by atoms with Crippen molar-refractivity contribution in [2.24, 2.45) is 0 Å². The lowest BCUT2D eigenvalue weighted by molar-refractivity contribution is -0.117. The van der Waals surface area contributed by atoms with E-state index in [0.717, 1.165) is 31.9 Å². The molecule has 1 aromatic rings. The van der Waals surface area contributed by atoms with Crippen LogP contribution in [0, 0.1) is 0 Å². The number of carbonyl (C=O) groups excluding carboxylic acids is 1. The molecule has 1 aliphatic heterocycles. The van der Waals surface area contributed by atoms with Gasteiger partial charge in [0.25, 0.3) is 0 Å². The highest BCUT2D eigenvalue weighted by atomic mass is 32.2. The minimum Gasteiger partial charge on any atom is -0.325 e. The first-order chi connectivity index (χ1) is 9.75. The summed E-state index contributed by atoms with van der Waals surface area (Å²) >= 11 is 2.02. The molecule has 20 heavy (non-hydrogen) atoms. The summed E-state index contributed by atoms with van der Waals surface area (Å²) in [6, 6.07) is 9.40. The lowest BCUT2D eigenvalue weighted by atomic mass is 10.2. The zero-order chi connectivity index (χ0) is 14.2. The van der Waals surface area contributed by atoms with Gasteiger partial charge in [-0.05, 0) is 19.1 Å². The molecule has 2 rings (SSSR count). The Kier molecular flexibility index (Phi) is 6.36. The number of benzene rings is 1. The highest BCUT2D eigenvalue weighted by molar-refractivity contribution is 7.99. The Balaban J connectivity index is 1.66. The summed E-state index contributed by atoms with van der Waals surface area (Å²) in [5.74, 6) is 2.47. The fourth-order valence-corrected chi connectivity index (χ4v) is 3.11. The van der Waals surface area contributed by atoms with Crippen molar-refractivity contribution in [2.45, 2.75) is 13.0 Å². The van der Waals surface area contributed by atoms with E-state index >= 15 is 0 Å². The van der Waals surface area contributed by atoms with Crippen LogP contribution in [0.5, 0.6) is 0 Å². The van der Waals surface area contributed by atoms with Gasteiger partial charge in [0.1, 0.15) is 0 Å². The first kappa shape index (κ1) is 15.4. The van der Waals surface area contributed by atoms with Gasteiger partial charge in [0.05, 0.1) is 6.04 Å². The van der Waals surface area contributed by atoms with Crippen LogP contribution < -0.4 is 10.6 Å². The number of carbonyl (C=O) groups is 1. The minimum absolute atomic E-state index is 0.0189. The normalized spacial score (nSPS) is 17.6. The van der Waals surface area contributed by atoms with Crippen molar-refractivity contribution >= 4 is 23.4 Å². The van der Waals surface area contributed by atoms with Gasteiger partial charge in [-0.1, -0.05) is 18.2 Å². The molecule has 0 radical (unpaired) electrons. The van der Waals surface area contributed by atoms with Crippen LogP contribution in [0.25, 0.3) is 0 Å². The summed E-state index contributed by atoms with van der Waals surface area (Å²) in [6.07, 6.45) is 0. The van der Waals surface area contributed by atoms with Crippen molar-refractivity contribution in [3.63, 3.8) is 0 Å². The summed E-state index contributed by atoms with van der Waals surface area (Å²) in [7, 11) is 0. The Labute approximate surface area is 125 Å². The maximum absolute atomic E-state index is 12.0. The minimum atomic E-state index is -0.172. The molecule has 0 aromatic heterocycles. The number of hydrogen-bond donors (Lipinski definition) is 2. The molecule has 1 aliphatic rings. The van der Waals surface area contributed by atoms with Crippen LogP contribution in [-0.4, -0.2) is 54.5 Å². The Morgan fingerprint density at radius 1 is 1.30 bits per heavy atom. The maximum atomic E-state index is 12.0. The van der Waals surface area contributed by atoms with Gasteiger partial charge in [-0.25, -0.2) is 0 Å². The molecule has 1 atom stereocenters. The molecule has 0 bridgehead atoms. The molecule has 1 saturated heterocycles. The lowest BCUT2D eigenvalue weighted by Crippen LogP contribution is -2.43. The van der Waals surface area contributed by atoms with Crippen molar-refractivity contribution in [1.82, 2.24) is 10.2 Å². The topological polar surface area (TPSA) is 44.4 Å². The average Bonchev–Trinajstić information content (AvgIpc) is 2.49. The number of amides is 1. The Hall–Kier alpha value is -1.04. The molecule has 0 aliphatic carbocycles. The maximum Gasteiger partial charge on any atom is 0.241 e. The second-order valence-electron chi connectivity index (χ2n) is 4.99. The highest BCUT2D eigenvalue weighted by Crippen LogP contribution is 2.08. The monoisotopic (exact) mass is 293 g/mol. The molecule has 1 aromatic carbocycles. The van der Waals surface area contributed by atoms with E-state index in [9.17, 15) is 4.79 Å². The van der Waals surface area contributed by atoms with E-state index < -0.39 is 0 Å². The largest absolute Gasteiger partial charge is 0.325 e. The smallest absolute Gasteiger partial charge is 0.241 e. The predicted octanol–water partition coefficient (Wildman–Crippen LogP) is 1.65. The lowest BCUT2D eigenvalue weighted by Gasteiger charge is -2.26. The second kappa shape index (κ2) is 8.29. The predicted molar refractivity (Wildman–Crippen MR) is 86.3 cm³/mol. The molecule has 4 nitrogen and oxygen atoms in total. The third-order valence-electron chi connectivity index (χ3n) is 3.42. The molecule has 0 spiro atoms. The van der Waals surface area contributed by atoms with Crippen LogP contribution in [0.1, 0.15) is 6.92 Å². The molecule has 5 heteroatoms. The van der Waals surface area contributed by atoms with E-state index in [1.54, 1.807) is 0 Å². The molecule has 0 saturated carbocycles. The Morgan fingerprint density at radius 2 is 2.00 bits per heavy atom. The number of nitrogens with one attached hydrogen (secondary N) is 2. The van der Waals surface area contributed by atoms with Crippen molar-refractivity contribution in [3.8, 4) is 0 Å². The van der Waals surface area contributed by atoms with Gasteiger partial charge in [0.2, 0.25) is 5.91 Å². The van der Waals surface area contributed by atoms with E-state index in [1.807, 2.05) is 49.0 Å². The van der Waals surface area contributed by atoms with Crippen molar-refractivity contribution in [1.29, 1.82) is 0 Å². The van der Waals surface area contributed by atoms with Crippen LogP contribution in [0.3, 0.4) is 0 Å². The number of hydrogen-bond acceptors (Lipinski definition) is 4. The molecule has 110 valence electrons. The highest BCUT2D eigenvalue weighted by Gasteiger charge is 2.14.